The smallest absolute Gasteiger partial charge is 0.418 e. The molecule has 0 atom stereocenters. The van der Waals surface area contributed by atoms with E-state index < -0.39 is 7.25 Å². The molecule has 0 fully saturated rings. The molecule has 0 bridgehead atoms. The third-order valence-electron chi connectivity index (χ3n) is 4.41. The molecule has 0 saturated carbocycles. The molecule has 4 aromatic rings. The highest BCUT2D eigenvalue weighted by Gasteiger charge is 2.20. The van der Waals surface area contributed by atoms with Gasteiger partial charge in [0.1, 0.15) is 7.05 Å². The monoisotopic (exact) mass is 371 g/mol. The Morgan fingerprint density at radius 2 is 1.07 bits per heavy atom. The molecular weight excluding hydrogens is 353 g/mol. The summed E-state index contributed by atoms with van der Waals surface area (Å²) in [6.07, 6.45) is 0. The summed E-state index contributed by atoms with van der Waals surface area (Å²) in [5, 5.41) is 2.60. The van der Waals surface area contributed by atoms with Gasteiger partial charge >= 0.3 is 7.25 Å². The fraction of sp³-hybridized carbons (Fsp3) is 0.0952. The van der Waals surface area contributed by atoms with Gasteiger partial charge in [0.15, 0.2) is 0 Å². The summed E-state index contributed by atoms with van der Waals surface area (Å²) in [7, 11) is -3.86. The zero-order chi connectivity index (χ0) is 19.6. The summed E-state index contributed by atoms with van der Waals surface area (Å²) in [4.78, 5) is 0. The van der Waals surface area contributed by atoms with E-state index in [9.17, 15) is 17.3 Å². The molecular formula is C21H18BF4N. The summed E-state index contributed by atoms with van der Waals surface area (Å²) >= 11 is 0. The van der Waals surface area contributed by atoms with E-state index in [-0.39, 0.29) is 0 Å². The van der Waals surface area contributed by atoms with Gasteiger partial charge in [0.05, 0.1) is 10.8 Å². The summed E-state index contributed by atoms with van der Waals surface area (Å²) in [5.41, 5.74) is 6.41. The Labute approximate surface area is 155 Å². The zero-order valence-electron chi connectivity index (χ0n) is 15.0. The number of rotatable bonds is 1. The SMILES string of the molecule is Cc1ccc(-c2c3ccccc3[n+](C)c3ccccc23)cc1.F[B-](F)(F)F. The first kappa shape index (κ1) is 18.9. The molecule has 6 heteroatoms. The van der Waals surface area contributed by atoms with E-state index in [4.69, 9.17) is 0 Å². The molecule has 1 heterocycles. The molecule has 1 aromatic heterocycles. The van der Waals surface area contributed by atoms with Crippen LogP contribution in [-0.4, -0.2) is 7.25 Å². The lowest BCUT2D eigenvalue weighted by atomic mass is 9.95. The summed E-state index contributed by atoms with van der Waals surface area (Å²) in [6, 6.07) is 26.1. The van der Waals surface area contributed by atoms with Gasteiger partial charge in [-0.3, -0.25) is 0 Å². The number of hydrogen-bond acceptors (Lipinski definition) is 0. The standard InChI is InChI=1S/C21H18N.BF4/c1-15-11-13-16(14-12-15)21-17-7-3-5-9-19(17)22(2)20-10-6-4-8-18(20)21;2-1(3,4)5/h3-14H,1-2H3;/q+1;-1. The van der Waals surface area contributed by atoms with E-state index >= 15 is 0 Å². The highest BCUT2D eigenvalue weighted by atomic mass is 19.5. The number of aryl methyl sites for hydroxylation is 2. The van der Waals surface area contributed by atoms with Gasteiger partial charge in [0.25, 0.3) is 0 Å². The number of pyridine rings is 1. The van der Waals surface area contributed by atoms with Crippen molar-refractivity contribution < 1.29 is 21.8 Å². The van der Waals surface area contributed by atoms with Gasteiger partial charge in [-0.25, -0.2) is 0 Å². The maximum atomic E-state index is 9.75. The molecule has 0 unspecified atom stereocenters. The van der Waals surface area contributed by atoms with E-state index in [1.807, 2.05) is 0 Å². The van der Waals surface area contributed by atoms with Gasteiger partial charge in [0, 0.05) is 17.7 Å². The van der Waals surface area contributed by atoms with Crippen LogP contribution in [0.2, 0.25) is 0 Å². The van der Waals surface area contributed by atoms with Crippen LogP contribution in [0.25, 0.3) is 32.9 Å². The Morgan fingerprint density at radius 1 is 0.667 bits per heavy atom. The minimum absolute atomic E-state index is 1.26. The normalized spacial score (nSPS) is 11.3. The van der Waals surface area contributed by atoms with E-state index in [1.165, 1.54) is 38.5 Å². The van der Waals surface area contributed by atoms with Crippen molar-refractivity contribution in [3.63, 3.8) is 0 Å². The van der Waals surface area contributed by atoms with Gasteiger partial charge in [-0.1, -0.05) is 54.1 Å². The average molecular weight is 371 g/mol. The Morgan fingerprint density at radius 3 is 1.52 bits per heavy atom. The molecule has 4 rings (SSSR count). The first-order valence-corrected chi connectivity index (χ1v) is 8.49. The van der Waals surface area contributed by atoms with Crippen LogP contribution >= 0.6 is 0 Å². The Balaban J connectivity index is 0.000000376. The molecule has 27 heavy (non-hydrogen) atoms. The molecule has 0 aliphatic carbocycles. The Bertz CT molecular complexity index is 1030. The number of benzene rings is 3. The highest BCUT2D eigenvalue weighted by molar-refractivity contribution is 6.50. The van der Waals surface area contributed by atoms with Gasteiger partial charge in [0.2, 0.25) is 11.0 Å². The Hall–Kier alpha value is -2.89. The number of fused-ring (bicyclic) bond motifs is 2. The summed E-state index contributed by atoms with van der Waals surface area (Å²) < 4.78 is 41.3. The number of para-hydroxylation sites is 2. The van der Waals surface area contributed by atoms with Crippen LogP contribution in [0.1, 0.15) is 5.56 Å². The van der Waals surface area contributed by atoms with E-state index in [2.05, 4.69) is 91.3 Å². The predicted octanol–water partition coefficient (Wildman–Crippen LogP) is 6.09. The molecule has 0 amide bonds. The first-order chi connectivity index (χ1) is 12.8. The van der Waals surface area contributed by atoms with Gasteiger partial charge < -0.3 is 17.3 Å². The molecule has 138 valence electrons. The topological polar surface area (TPSA) is 3.88 Å². The van der Waals surface area contributed by atoms with Crippen molar-refractivity contribution in [1.29, 1.82) is 0 Å². The predicted molar refractivity (Wildman–Crippen MR) is 103 cm³/mol. The van der Waals surface area contributed by atoms with Crippen molar-refractivity contribution in [3.8, 4) is 11.1 Å². The van der Waals surface area contributed by atoms with Crippen LogP contribution in [0.15, 0.2) is 72.8 Å². The lowest BCUT2D eigenvalue weighted by Gasteiger charge is -2.10. The fourth-order valence-corrected chi connectivity index (χ4v) is 3.26. The molecule has 1 nitrogen and oxygen atoms in total. The summed E-state index contributed by atoms with van der Waals surface area (Å²) in [5.74, 6) is 0. The lowest BCUT2D eigenvalue weighted by Crippen LogP contribution is -2.30. The third kappa shape index (κ3) is 4.27. The first-order valence-electron chi connectivity index (χ1n) is 8.49. The summed E-state index contributed by atoms with van der Waals surface area (Å²) in [6.45, 7) is 2.13. The van der Waals surface area contributed by atoms with Crippen molar-refractivity contribution in [1.82, 2.24) is 0 Å². The van der Waals surface area contributed by atoms with Crippen molar-refractivity contribution in [2.45, 2.75) is 6.92 Å². The molecule has 0 N–H and O–H groups in total. The quantitative estimate of drug-likeness (QED) is 0.165. The van der Waals surface area contributed by atoms with Crippen LogP contribution in [0.3, 0.4) is 0 Å². The Kier molecular flexibility index (Phi) is 5.17. The number of halogens is 4. The van der Waals surface area contributed by atoms with Crippen LogP contribution < -0.4 is 4.57 Å². The molecule has 3 aromatic carbocycles. The molecule has 0 saturated heterocycles. The van der Waals surface area contributed by atoms with Crippen LogP contribution in [0.5, 0.6) is 0 Å². The lowest BCUT2D eigenvalue weighted by molar-refractivity contribution is -0.617. The van der Waals surface area contributed by atoms with E-state index in [0.29, 0.717) is 0 Å². The van der Waals surface area contributed by atoms with Crippen molar-refractivity contribution in [2.75, 3.05) is 0 Å². The molecule has 0 aliphatic heterocycles. The van der Waals surface area contributed by atoms with E-state index in [1.54, 1.807) is 0 Å². The highest BCUT2D eigenvalue weighted by Crippen LogP contribution is 2.33. The van der Waals surface area contributed by atoms with Crippen molar-refractivity contribution >= 4 is 29.1 Å². The zero-order valence-corrected chi connectivity index (χ0v) is 15.0. The third-order valence-corrected chi connectivity index (χ3v) is 4.41. The van der Waals surface area contributed by atoms with Crippen LogP contribution in [0.4, 0.5) is 17.3 Å². The second kappa shape index (κ2) is 7.39. The van der Waals surface area contributed by atoms with Gasteiger partial charge in [-0.15, -0.1) is 0 Å². The minimum Gasteiger partial charge on any atom is -0.418 e. The van der Waals surface area contributed by atoms with Crippen LogP contribution in [0, 0.1) is 6.92 Å². The number of nitrogens with zero attached hydrogens (tertiary/aromatic N) is 1. The molecule has 0 aliphatic rings. The molecule has 0 spiro atoms. The number of aromatic nitrogens is 1. The van der Waals surface area contributed by atoms with Crippen molar-refractivity contribution in [2.24, 2.45) is 7.05 Å². The average Bonchev–Trinajstić information content (AvgIpc) is 2.62. The maximum absolute atomic E-state index is 9.75. The second-order valence-corrected chi connectivity index (χ2v) is 6.33. The number of hydrogen-bond donors (Lipinski definition) is 0. The minimum atomic E-state index is -6.00. The second-order valence-electron chi connectivity index (χ2n) is 6.33. The maximum Gasteiger partial charge on any atom is 0.673 e. The molecule has 0 radical (unpaired) electrons. The van der Waals surface area contributed by atoms with Gasteiger partial charge in [-0.2, -0.15) is 4.57 Å². The van der Waals surface area contributed by atoms with Gasteiger partial charge in [-0.05, 0) is 24.6 Å². The van der Waals surface area contributed by atoms with Crippen LogP contribution in [-0.2, 0) is 7.05 Å². The fourth-order valence-electron chi connectivity index (χ4n) is 3.26. The largest absolute Gasteiger partial charge is 0.673 e. The van der Waals surface area contributed by atoms with Crippen molar-refractivity contribution in [3.05, 3.63) is 78.4 Å². The van der Waals surface area contributed by atoms with E-state index in [0.717, 1.165) is 0 Å².